The number of piperidine rings is 1. The molecule has 1 aromatic heterocycles. The summed E-state index contributed by atoms with van der Waals surface area (Å²) in [7, 11) is 0. The van der Waals surface area contributed by atoms with Crippen LogP contribution in [0.5, 0.6) is 0 Å². The Balaban J connectivity index is 1.16. The van der Waals surface area contributed by atoms with E-state index < -0.39 is 0 Å². The van der Waals surface area contributed by atoms with Gasteiger partial charge in [-0.25, -0.2) is 4.39 Å². The molecule has 7 heteroatoms. The average molecular weight is 457 g/mol. The predicted molar refractivity (Wildman–Crippen MR) is 128 cm³/mol. The van der Waals surface area contributed by atoms with Gasteiger partial charge in [0.1, 0.15) is 5.82 Å². The molecule has 0 radical (unpaired) electrons. The van der Waals surface area contributed by atoms with Crippen LogP contribution in [-0.2, 0) is 11.3 Å². The number of para-hydroxylation sites is 1. The topological polar surface area (TPSA) is 71.3 Å². The lowest BCUT2D eigenvalue weighted by Crippen LogP contribution is -2.37. The van der Waals surface area contributed by atoms with E-state index in [-0.39, 0.29) is 17.6 Å². The molecule has 1 N–H and O–H groups in total. The predicted octanol–water partition coefficient (Wildman–Crippen LogP) is 5.39. The second-order valence-corrected chi connectivity index (χ2v) is 8.47. The monoisotopic (exact) mass is 456 g/mol. The molecule has 0 saturated carbocycles. The van der Waals surface area contributed by atoms with Crippen molar-refractivity contribution in [1.29, 1.82) is 0 Å². The van der Waals surface area contributed by atoms with E-state index >= 15 is 0 Å². The van der Waals surface area contributed by atoms with Gasteiger partial charge in [-0.3, -0.25) is 9.69 Å². The number of amides is 1. The number of anilines is 1. The van der Waals surface area contributed by atoms with Crippen LogP contribution in [-0.4, -0.2) is 34.0 Å². The van der Waals surface area contributed by atoms with Gasteiger partial charge in [0.15, 0.2) is 0 Å². The van der Waals surface area contributed by atoms with Crippen LogP contribution in [0.15, 0.2) is 83.4 Å². The highest BCUT2D eigenvalue weighted by Gasteiger charge is 2.26. The van der Waals surface area contributed by atoms with Crippen molar-refractivity contribution in [3.05, 3.63) is 90.6 Å². The molecule has 6 nitrogen and oxygen atoms in total. The first-order valence-corrected chi connectivity index (χ1v) is 11.4. The fraction of sp³-hybridized carbons (Fsp3) is 0.222. The van der Waals surface area contributed by atoms with Gasteiger partial charge in [-0.15, -0.1) is 0 Å². The van der Waals surface area contributed by atoms with Crippen LogP contribution in [0.3, 0.4) is 0 Å². The van der Waals surface area contributed by atoms with Crippen molar-refractivity contribution in [2.24, 2.45) is 5.92 Å². The molecule has 0 unspecified atom stereocenters. The Labute approximate surface area is 197 Å². The lowest BCUT2D eigenvalue weighted by atomic mass is 9.95. The molecule has 1 amide bonds. The first kappa shape index (κ1) is 22.0. The smallest absolute Gasteiger partial charge is 0.241 e. The van der Waals surface area contributed by atoms with Crippen molar-refractivity contribution in [3.8, 4) is 22.5 Å². The molecule has 2 heterocycles. The molecular weight excluding hydrogens is 431 g/mol. The zero-order valence-electron chi connectivity index (χ0n) is 18.7. The summed E-state index contributed by atoms with van der Waals surface area (Å²) in [5.74, 6) is 0.667. The SMILES string of the molecule is O=C(Nc1ccccc1-c1ccccc1)C1CCN(Cc2nc(-c3ccc(F)cc3)no2)CC1. The van der Waals surface area contributed by atoms with Crippen LogP contribution in [0.1, 0.15) is 18.7 Å². The Morgan fingerprint density at radius 2 is 1.65 bits per heavy atom. The van der Waals surface area contributed by atoms with Crippen LogP contribution < -0.4 is 5.32 Å². The number of nitrogens with one attached hydrogen (secondary N) is 1. The lowest BCUT2D eigenvalue weighted by molar-refractivity contribution is -0.121. The van der Waals surface area contributed by atoms with Crippen LogP contribution in [0.2, 0.25) is 0 Å². The highest BCUT2D eigenvalue weighted by Crippen LogP contribution is 2.29. The van der Waals surface area contributed by atoms with Gasteiger partial charge in [-0.05, 0) is 61.8 Å². The van der Waals surface area contributed by atoms with Gasteiger partial charge >= 0.3 is 0 Å². The number of hydrogen-bond donors (Lipinski definition) is 1. The normalized spacial score (nSPS) is 14.7. The van der Waals surface area contributed by atoms with Crippen LogP contribution in [0.25, 0.3) is 22.5 Å². The summed E-state index contributed by atoms with van der Waals surface area (Å²) in [5.41, 5.74) is 3.64. The molecule has 3 aromatic carbocycles. The molecule has 172 valence electrons. The Morgan fingerprint density at radius 3 is 2.41 bits per heavy atom. The van der Waals surface area contributed by atoms with Crippen LogP contribution >= 0.6 is 0 Å². The maximum absolute atomic E-state index is 13.1. The molecule has 0 spiro atoms. The van der Waals surface area contributed by atoms with Crippen molar-refractivity contribution in [1.82, 2.24) is 15.0 Å². The number of aromatic nitrogens is 2. The molecule has 1 fully saturated rings. The first-order valence-electron chi connectivity index (χ1n) is 11.4. The summed E-state index contributed by atoms with van der Waals surface area (Å²) in [6, 6.07) is 24.0. The van der Waals surface area contributed by atoms with Crippen LogP contribution in [0.4, 0.5) is 10.1 Å². The molecule has 1 aliphatic heterocycles. The Bertz CT molecular complexity index is 1250. The number of likely N-dealkylation sites (tertiary alicyclic amines) is 1. The summed E-state index contributed by atoms with van der Waals surface area (Å²) in [6.07, 6.45) is 1.52. The van der Waals surface area contributed by atoms with E-state index in [0.717, 1.165) is 42.7 Å². The molecule has 0 atom stereocenters. The number of hydrogen-bond acceptors (Lipinski definition) is 5. The molecule has 0 bridgehead atoms. The minimum Gasteiger partial charge on any atom is -0.338 e. The quantitative estimate of drug-likeness (QED) is 0.421. The van der Waals surface area contributed by atoms with Crippen molar-refractivity contribution in [2.45, 2.75) is 19.4 Å². The molecule has 5 rings (SSSR count). The van der Waals surface area contributed by atoms with Gasteiger partial charge in [0, 0.05) is 22.7 Å². The second kappa shape index (κ2) is 9.97. The second-order valence-electron chi connectivity index (χ2n) is 8.47. The number of benzene rings is 3. The van der Waals surface area contributed by atoms with Crippen LogP contribution in [0, 0.1) is 11.7 Å². The van der Waals surface area contributed by atoms with E-state index in [0.29, 0.717) is 23.8 Å². The molecule has 1 aliphatic rings. The molecule has 34 heavy (non-hydrogen) atoms. The van der Waals surface area contributed by atoms with Gasteiger partial charge in [0.05, 0.1) is 6.54 Å². The van der Waals surface area contributed by atoms with Crippen molar-refractivity contribution in [2.75, 3.05) is 18.4 Å². The van der Waals surface area contributed by atoms with E-state index in [4.69, 9.17) is 4.52 Å². The summed E-state index contributed by atoms with van der Waals surface area (Å²) in [5, 5.41) is 7.15. The van der Waals surface area contributed by atoms with Gasteiger partial charge in [-0.2, -0.15) is 4.98 Å². The molecule has 0 aliphatic carbocycles. The lowest BCUT2D eigenvalue weighted by Gasteiger charge is -2.30. The van der Waals surface area contributed by atoms with Gasteiger partial charge in [0.25, 0.3) is 0 Å². The number of rotatable bonds is 6. The summed E-state index contributed by atoms with van der Waals surface area (Å²) >= 11 is 0. The fourth-order valence-corrected chi connectivity index (χ4v) is 4.28. The van der Waals surface area contributed by atoms with Gasteiger partial charge in [0.2, 0.25) is 17.6 Å². The number of carbonyl (C=O) groups excluding carboxylic acids is 1. The van der Waals surface area contributed by atoms with E-state index in [1.165, 1.54) is 12.1 Å². The first-order chi connectivity index (χ1) is 16.7. The van der Waals surface area contributed by atoms with E-state index in [2.05, 4.69) is 20.4 Å². The van der Waals surface area contributed by atoms with E-state index in [1.807, 2.05) is 54.6 Å². The third-order valence-corrected chi connectivity index (χ3v) is 6.16. The zero-order valence-corrected chi connectivity index (χ0v) is 18.7. The fourth-order valence-electron chi connectivity index (χ4n) is 4.28. The summed E-state index contributed by atoms with van der Waals surface area (Å²) in [6.45, 7) is 2.07. The number of halogens is 1. The Hall–Kier alpha value is -3.84. The zero-order chi connectivity index (χ0) is 23.3. The van der Waals surface area contributed by atoms with E-state index in [9.17, 15) is 9.18 Å². The molecule has 1 saturated heterocycles. The highest BCUT2D eigenvalue weighted by molar-refractivity contribution is 5.96. The maximum atomic E-state index is 13.1. The maximum Gasteiger partial charge on any atom is 0.241 e. The minimum absolute atomic E-state index is 0.0439. The largest absolute Gasteiger partial charge is 0.338 e. The number of nitrogens with zero attached hydrogens (tertiary/aromatic N) is 3. The van der Waals surface area contributed by atoms with Crippen molar-refractivity contribution in [3.63, 3.8) is 0 Å². The summed E-state index contributed by atoms with van der Waals surface area (Å²) < 4.78 is 18.5. The highest BCUT2D eigenvalue weighted by atomic mass is 19.1. The molecular formula is C27H25FN4O2. The Kier molecular flexibility index (Phi) is 6.44. The summed E-state index contributed by atoms with van der Waals surface area (Å²) in [4.78, 5) is 19.6. The Morgan fingerprint density at radius 1 is 0.941 bits per heavy atom. The standard InChI is InChI=1S/C27H25FN4O2/c28-22-12-10-20(11-13-22)26-30-25(34-31-26)18-32-16-14-21(15-17-32)27(33)29-24-9-5-4-8-23(24)19-6-2-1-3-7-19/h1-13,21H,14-18H2,(H,29,33). The third kappa shape index (κ3) is 5.05. The van der Waals surface area contributed by atoms with Gasteiger partial charge in [-0.1, -0.05) is 53.7 Å². The third-order valence-electron chi connectivity index (χ3n) is 6.16. The molecule has 4 aromatic rings. The van der Waals surface area contributed by atoms with Crippen molar-refractivity contribution < 1.29 is 13.7 Å². The minimum atomic E-state index is -0.303. The van der Waals surface area contributed by atoms with Crippen molar-refractivity contribution >= 4 is 11.6 Å². The van der Waals surface area contributed by atoms with E-state index in [1.54, 1.807) is 12.1 Å². The van der Waals surface area contributed by atoms with Gasteiger partial charge < -0.3 is 9.84 Å². The average Bonchev–Trinajstić information content (AvgIpc) is 3.34. The number of carbonyl (C=O) groups is 1.